The molecule has 3 heteroatoms. The number of carbonyl (C=O) groups is 1. The lowest BCUT2D eigenvalue weighted by atomic mass is 9.97. The van der Waals surface area contributed by atoms with E-state index in [9.17, 15) is 9.90 Å². The molecule has 0 bridgehead atoms. The topological polar surface area (TPSA) is 63.3 Å². The molecule has 3 N–H and O–H groups in total. The zero-order valence-corrected chi connectivity index (χ0v) is 19.0. The van der Waals surface area contributed by atoms with Crippen molar-refractivity contribution in [2.75, 3.05) is 6.61 Å². The van der Waals surface area contributed by atoms with Gasteiger partial charge < -0.3 is 10.8 Å². The van der Waals surface area contributed by atoms with Crippen molar-refractivity contribution in [2.24, 2.45) is 11.7 Å². The molecule has 0 aromatic rings. The van der Waals surface area contributed by atoms with Gasteiger partial charge in [0.15, 0.2) is 0 Å². The van der Waals surface area contributed by atoms with E-state index in [1.54, 1.807) is 0 Å². The van der Waals surface area contributed by atoms with Crippen molar-refractivity contribution in [1.29, 1.82) is 0 Å². The second-order valence-corrected chi connectivity index (χ2v) is 8.13. The maximum absolute atomic E-state index is 10.6. The molecule has 0 heterocycles. The van der Waals surface area contributed by atoms with Gasteiger partial charge in [0.1, 0.15) is 0 Å². The largest absolute Gasteiger partial charge is 0.396 e. The fourth-order valence-electron chi connectivity index (χ4n) is 3.37. The van der Waals surface area contributed by atoms with Crippen LogP contribution in [0, 0.1) is 5.92 Å². The van der Waals surface area contributed by atoms with Gasteiger partial charge in [0.25, 0.3) is 0 Å². The van der Waals surface area contributed by atoms with Gasteiger partial charge in [-0.3, -0.25) is 4.79 Å². The number of allylic oxidation sites excluding steroid dienone is 6. The molecule has 0 radical (unpaired) electrons. The lowest BCUT2D eigenvalue weighted by molar-refractivity contribution is -0.118. The number of nitrogens with two attached hydrogens (primary N) is 1. The molecule has 0 aromatic carbocycles. The molecule has 0 rings (SSSR count). The van der Waals surface area contributed by atoms with E-state index >= 15 is 0 Å². The molecule has 0 saturated carbocycles. The Hall–Kier alpha value is -1.35. The molecule has 1 atom stereocenters. The third-order valence-corrected chi connectivity index (χ3v) is 5.30. The van der Waals surface area contributed by atoms with Crippen LogP contribution in [0.25, 0.3) is 0 Å². The summed E-state index contributed by atoms with van der Waals surface area (Å²) in [5.41, 5.74) is 5.13. The molecule has 0 aliphatic heterocycles. The number of hydrogen-bond acceptors (Lipinski definition) is 2. The average Bonchev–Trinajstić information content (AvgIpc) is 2.71. The Morgan fingerprint density at radius 1 is 0.759 bits per heavy atom. The molecule has 0 aliphatic rings. The Bertz CT molecular complexity index is 440. The first kappa shape index (κ1) is 27.6. The summed E-state index contributed by atoms with van der Waals surface area (Å²) in [4.78, 5) is 10.6. The van der Waals surface area contributed by atoms with E-state index in [0.717, 1.165) is 44.9 Å². The SMILES string of the molecule is CCCCC(CO)CC/C=C\C/C=C\C/C=C\CCCCCCCCCC(N)=O. The van der Waals surface area contributed by atoms with Crippen LogP contribution in [0.15, 0.2) is 36.5 Å². The highest BCUT2D eigenvalue weighted by molar-refractivity contribution is 5.73. The Balaban J connectivity index is 3.41. The van der Waals surface area contributed by atoms with Gasteiger partial charge in [0.05, 0.1) is 0 Å². The van der Waals surface area contributed by atoms with Crippen LogP contribution in [0.5, 0.6) is 0 Å². The van der Waals surface area contributed by atoms with Crippen molar-refractivity contribution in [1.82, 2.24) is 0 Å². The average molecular weight is 406 g/mol. The molecule has 0 saturated heterocycles. The molecule has 168 valence electrons. The lowest BCUT2D eigenvalue weighted by Gasteiger charge is -2.11. The van der Waals surface area contributed by atoms with Gasteiger partial charge >= 0.3 is 0 Å². The van der Waals surface area contributed by atoms with Crippen LogP contribution in [0.2, 0.25) is 0 Å². The van der Waals surface area contributed by atoms with E-state index in [1.807, 2.05) is 0 Å². The molecule has 0 aromatic heterocycles. The van der Waals surface area contributed by atoms with Crippen LogP contribution in [-0.2, 0) is 4.79 Å². The van der Waals surface area contributed by atoms with Crippen molar-refractivity contribution in [3.8, 4) is 0 Å². The normalized spacial score (nSPS) is 13.2. The summed E-state index contributed by atoms with van der Waals surface area (Å²) in [6.07, 6.45) is 31.5. The van der Waals surface area contributed by atoms with Crippen LogP contribution in [-0.4, -0.2) is 17.6 Å². The van der Waals surface area contributed by atoms with Crippen LogP contribution in [0.1, 0.15) is 110 Å². The minimum Gasteiger partial charge on any atom is -0.396 e. The standard InChI is InChI=1S/C26H47NO2/c1-2-3-21-25(24-28)22-19-17-15-13-11-9-7-5-4-6-8-10-12-14-16-18-20-23-26(27)29/h4-5,9,11,15,17,25,28H,2-3,6-8,10,12-14,16,18-24H2,1H3,(H2,27,29)/b5-4-,11-9-,17-15-. The highest BCUT2D eigenvalue weighted by Crippen LogP contribution is 2.14. The predicted octanol–water partition coefficient (Wildman–Crippen LogP) is 7.01. The van der Waals surface area contributed by atoms with E-state index < -0.39 is 0 Å². The molecule has 1 unspecified atom stereocenters. The second kappa shape index (κ2) is 22.9. The van der Waals surface area contributed by atoms with E-state index in [0.29, 0.717) is 18.9 Å². The summed E-state index contributed by atoms with van der Waals surface area (Å²) >= 11 is 0. The van der Waals surface area contributed by atoms with Crippen molar-refractivity contribution >= 4 is 5.91 Å². The number of primary amides is 1. The smallest absolute Gasteiger partial charge is 0.217 e. The summed E-state index contributed by atoms with van der Waals surface area (Å²) in [6, 6.07) is 0. The summed E-state index contributed by atoms with van der Waals surface area (Å²) in [7, 11) is 0. The van der Waals surface area contributed by atoms with Crippen molar-refractivity contribution < 1.29 is 9.90 Å². The molecule has 3 nitrogen and oxygen atoms in total. The maximum Gasteiger partial charge on any atom is 0.217 e. The zero-order chi connectivity index (χ0) is 21.4. The number of aliphatic hydroxyl groups is 1. The van der Waals surface area contributed by atoms with Crippen LogP contribution >= 0.6 is 0 Å². The first-order chi connectivity index (χ1) is 14.2. The monoisotopic (exact) mass is 405 g/mol. The van der Waals surface area contributed by atoms with Gasteiger partial charge in [-0.15, -0.1) is 0 Å². The minimum absolute atomic E-state index is 0.173. The fourth-order valence-corrected chi connectivity index (χ4v) is 3.37. The minimum atomic E-state index is -0.173. The third-order valence-electron chi connectivity index (χ3n) is 5.30. The lowest BCUT2D eigenvalue weighted by Crippen LogP contribution is -2.09. The number of hydrogen-bond donors (Lipinski definition) is 2. The summed E-state index contributed by atoms with van der Waals surface area (Å²) in [5.74, 6) is 0.307. The summed E-state index contributed by atoms with van der Waals surface area (Å²) in [5, 5.41) is 9.36. The molecule has 29 heavy (non-hydrogen) atoms. The molecule has 0 spiro atoms. The Morgan fingerprint density at radius 3 is 1.90 bits per heavy atom. The van der Waals surface area contributed by atoms with Crippen molar-refractivity contribution in [3.05, 3.63) is 36.5 Å². The quantitative estimate of drug-likeness (QED) is 0.159. The molecule has 0 fully saturated rings. The van der Waals surface area contributed by atoms with Crippen LogP contribution in [0.3, 0.4) is 0 Å². The molecular weight excluding hydrogens is 358 g/mol. The number of aliphatic hydroxyl groups excluding tert-OH is 1. The first-order valence-corrected chi connectivity index (χ1v) is 12.0. The predicted molar refractivity (Wildman–Crippen MR) is 127 cm³/mol. The van der Waals surface area contributed by atoms with Gasteiger partial charge in [0.2, 0.25) is 5.91 Å². The third kappa shape index (κ3) is 22.8. The zero-order valence-electron chi connectivity index (χ0n) is 19.0. The second-order valence-electron chi connectivity index (χ2n) is 8.13. The number of carbonyl (C=O) groups excluding carboxylic acids is 1. The van der Waals surface area contributed by atoms with Gasteiger partial charge in [0, 0.05) is 13.0 Å². The molecular formula is C26H47NO2. The summed E-state index contributed by atoms with van der Waals surface area (Å²) in [6.45, 7) is 2.54. The number of unbranched alkanes of at least 4 members (excludes halogenated alkanes) is 8. The van der Waals surface area contributed by atoms with Crippen LogP contribution < -0.4 is 5.73 Å². The van der Waals surface area contributed by atoms with Gasteiger partial charge in [-0.1, -0.05) is 88.3 Å². The maximum atomic E-state index is 10.6. The highest BCUT2D eigenvalue weighted by atomic mass is 16.3. The number of amides is 1. The van der Waals surface area contributed by atoms with E-state index in [2.05, 4.69) is 43.4 Å². The molecule has 0 aliphatic carbocycles. The first-order valence-electron chi connectivity index (χ1n) is 12.0. The highest BCUT2D eigenvalue weighted by Gasteiger charge is 2.04. The summed E-state index contributed by atoms with van der Waals surface area (Å²) < 4.78 is 0. The Morgan fingerprint density at radius 2 is 1.31 bits per heavy atom. The van der Waals surface area contributed by atoms with Gasteiger partial charge in [-0.2, -0.15) is 0 Å². The fraction of sp³-hybridized carbons (Fsp3) is 0.731. The number of rotatable bonds is 21. The van der Waals surface area contributed by atoms with Gasteiger partial charge in [-0.25, -0.2) is 0 Å². The van der Waals surface area contributed by atoms with E-state index in [1.165, 1.54) is 51.4 Å². The van der Waals surface area contributed by atoms with Gasteiger partial charge in [-0.05, 0) is 57.3 Å². The van der Waals surface area contributed by atoms with E-state index in [4.69, 9.17) is 5.73 Å². The molecule has 1 amide bonds. The Kier molecular flexibility index (Phi) is 21.9. The van der Waals surface area contributed by atoms with Crippen LogP contribution in [0.4, 0.5) is 0 Å². The van der Waals surface area contributed by atoms with E-state index in [-0.39, 0.29) is 5.91 Å². The Labute approximate surface area is 180 Å². The van der Waals surface area contributed by atoms with Crippen molar-refractivity contribution in [3.63, 3.8) is 0 Å². The van der Waals surface area contributed by atoms with Crippen molar-refractivity contribution in [2.45, 2.75) is 110 Å².